The highest BCUT2D eigenvalue weighted by Gasteiger charge is 1.93. The first-order valence-electron chi connectivity index (χ1n) is 5.02. The van der Waals surface area contributed by atoms with Crippen LogP contribution in [0.4, 0.5) is 0 Å². The third-order valence-corrected chi connectivity index (χ3v) is 2.34. The Balaban J connectivity index is 2.33. The fraction of sp³-hybridized carbons (Fsp3) is 0.154. The molecule has 0 aliphatic rings. The summed E-state index contributed by atoms with van der Waals surface area (Å²) in [6.07, 6.45) is 2.05. The quantitative estimate of drug-likeness (QED) is 0.703. The van der Waals surface area contributed by atoms with Crippen LogP contribution in [-0.4, -0.2) is 11.6 Å². The molecule has 0 bridgehead atoms. The molecule has 1 aromatic heterocycles. The predicted molar refractivity (Wildman–Crippen MR) is 61.5 cm³/mol. The highest BCUT2D eigenvalue weighted by Crippen LogP contribution is 1.99. The zero-order valence-electron chi connectivity index (χ0n) is 8.80. The van der Waals surface area contributed by atoms with Crippen LogP contribution in [-0.2, 0) is 6.54 Å². The third-order valence-electron chi connectivity index (χ3n) is 2.34. The second kappa shape index (κ2) is 4.60. The molecule has 0 fully saturated rings. The maximum atomic E-state index is 4.23. The van der Waals surface area contributed by atoms with Crippen molar-refractivity contribution in [1.82, 2.24) is 4.57 Å². The van der Waals surface area contributed by atoms with Crippen molar-refractivity contribution in [2.24, 2.45) is 4.99 Å². The Kier molecular flexibility index (Phi) is 2.98. The number of hydrogen-bond donors (Lipinski definition) is 0. The molecule has 0 saturated carbocycles. The summed E-state index contributed by atoms with van der Waals surface area (Å²) < 4.78 is 2.13. The smallest absolute Gasteiger partial charge is 0.127 e. The first kappa shape index (κ1) is 9.71. The van der Waals surface area contributed by atoms with E-state index in [1.165, 1.54) is 5.56 Å². The van der Waals surface area contributed by atoms with Gasteiger partial charge in [0.05, 0.1) is 0 Å². The predicted octanol–water partition coefficient (Wildman–Crippen LogP) is 2.07. The van der Waals surface area contributed by atoms with Crippen LogP contribution in [0.1, 0.15) is 5.56 Å². The van der Waals surface area contributed by atoms with Gasteiger partial charge in [0.2, 0.25) is 0 Å². The molecule has 0 aliphatic carbocycles. The summed E-state index contributed by atoms with van der Waals surface area (Å²) in [5.74, 6) is 0. The van der Waals surface area contributed by atoms with Gasteiger partial charge in [0, 0.05) is 19.8 Å². The number of nitrogens with zero attached hydrogens (tertiary/aromatic N) is 2. The molecule has 0 amide bonds. The Morgan fingerprint density at radius 1 is 1.00 bits per heavy atom. The lowest BCUT2D eigenvalue weighted by atomic mass is 10.2. The van der Waals surface area contributed by atoms with Crippen LogP contribution in [0.2, 0.25) is 0 Å². The van der Waals surface area contributed by atoms with Crippen LogP contribution in [0, 0.1) is 0 Å². The van der Waals surface area contributed by atoms with E-state index in [0.29, 0.717) is 0 Å². The standard InChI is InChI=1S/C13H14N2/c1-14-13-9-5-6-10-15(13)11-12-7-3-2-4-8-12/h2-10H,11H2,1H3. The van der Waals surface area contributed by atoms with Crippen LogP contribution in [0.3, 0.4) is 0 Å². The van der Waals surface area contributed by atoms with Gasteiger partial charge in [-0.3, -0.25) is 4.99 Å². The molecule has 2 nitrogen and oxygen atoms in total. The highest BCUT2D eigenvalue weighted by atomic mass is 15.0. The summed E-state index contributed by atoms with van der Waals surface area (Å²) in [5.41, 5.74) is 2.29. The van der Waals surface area contributed by atoms with Gasteiger partial charge in [-0.2, -0.15) is 0 Å². The number of hydrogen-bond acceptors (Lipinski definition) is 1. The first-order chi connectivity index (χ1) is 7.40. The largest absolute Gasteiger partial charge is 0.329 e. The Bertz CT molecular complexity index is 483. The summed E-state index contributed by atoms with van der Waals surface area (Å²) in [5, 5.41) is 0. The second-order valence-corrected chi connectivity index (χ2v) is 3.40. The summed E-state index contributed by atoms with van der Waals surface area (Å²) in [6, 6.07) is 16.4. The molecule has 0 radical (unpaired) electrons. The zero-order chi connectivity index (χ0) is 10.5. The molecule has 15 heavy (non-hydrogen) atoms. The van der Waals surface area contributed by atoms with E-state index < -0.39 is 0 Å². The first-order valence-corrected chi connectivity index (χ1v) is 5.02. The molecule has 0 unspecified atom stereocenters. The van der Waals surface area contributed by atoms with Gasteiger partial charge in [-0.15, -0.1) is 0 Å². The van der Waals surface area contributed by atoms with Crippen LogP contribution in [0.25, 0.3) is 0 Å². The third kappa shape index (κ3) is 2.34. The summed E-state index contributed by atoms with van der Waals surface area (Å²) in [6.45, 7) is 0.869. The SMILES string of the molecule is CN=c1ccccn1Cc1ccccc1. The van der Waals surface area contributed by atoms with E-state index >= 15 is 0 Å². The van der Waals surface area contributed by atoms with Crippen LogP contribution in [0.5, 0.6) is 0 Å². The lowest BCUT2D eigenvalue weighted by molar-refractivity contribution is 0.739. The van der Waals surface area contributed by atoms with Gasteiger partial charge in [-0.25, -0.2) is 0 Å². The fourth-order valence-electron chi connectivity index (χ4n) is 1.58. The molecule has 2 aromatic rings. The highest BCUT2D eigenvalue weighted by molar-refractivity contribution is 5.15. The fourth-order valence-corrected chi connectivity index (χ4v) is 1.58. The van der Waals surface area contributed by atoms with Crippen molar-refractivity contribution in [3.63, 3.8) is 0 Å². The molecular formula is C13H14N2. The van der Waals surface area contributed by atoms with Gasteiger partial charge < -0.3 is 4.57 Å². The Morgan fingerprint density at radius 2 is 1.73 bits per heavy atom. The topological polar surface area (TPSA) is 17.3 Å². The van der Waals surface area contributed by atoms with Gasteiger partial charge >= 0.3 is 0 Å². The second-order valence-electron chi connectivity index (χ2n) is 3.40. The monoisotopic (exact) mass is 198 g/mol. The molecule has 2 rings (SSSR count). The lowest BCUT2D eigenvalue weighted by Crippen LogP contribution is -2.19. The molecule has 76 valence electrons. The van der Waals surface area contributed by atoms with Gasteiger partial charge in [0.25, 0.3) is 0 Å². The maximum Gasteiger partial charge on any atom is 0.127 e. The maximum absolute atomic E-state index is 4.23. The van der Waals surface area contributed by atoms with E-state index in [-0.39, 0.29) is 0 Å². The van der Waals surface area contributed by atoms with E-state index in [9.17, 15) is 0 Å². The van der Waals surface area contributed by atoms with Crippen LogP contribution < -0.4 is 5.49 Å². The Hall–Kier alpha value is -1.83. The lowest BCUT2D eigenvalue weighted by Gasteiger charge is -2.06. The normalized spacial score (nSPS) is 11.7. The summed E-state index contributed by atoms with van der Waals surface area (Å²) in [7, 11) is 1.82. The van der Waals surface area contributed by atoms with Crippen molar-refractivity contribution in [3.8, 4) is 0 Å². The van der Waals surface area contributed by atoms with E-state index in [1.54, 1.807) is 0 Å². The summed E-state index contributed by atoms with van der Waals surface area (Å²) in [4.78, 5) is 4.23. The van der Waals surface area contributed by atoms with E-state index in [2.05, 4.69) is 40.0 Å². The molecule has 0 atom stereocenters. The minimum atomic E-state index is 0.869. The van der Waals surface area contributed by atoms with Crippen LogP contribution in [0.15, 0.2) is 59.7 Å². The number of aromatic nitrogens is 1. The molecule has 1 aromatic carbocycles. The average molecular weight is 198 g/mol. The minimum absolute atomic E-state index is 0.869. The van der Waals surface area contributed by atoms with Crippen LogP contribution >= 0.6 is 0 Å². The van der Waals surface area contributed by atoms with E-state index in [1.807, 2.05) is 31.3 Å². The molecule has 0 spiro atoms. The van der Waals surface area contributed by atoms with Crippen molar-refractivity contribution in [2.45, 2.75) is 6.54 Å². The van der Waals surface area contributed by atoms with Gasteiger partial charge in [0.1, 0.15) is 5.49 Å². The van der Waals surface area contributed by atoms with E-state index in [0.717, 1.165) is 12.0 Å². The van der Waals surface area contributed by atoms with E-state index in [4.69, 9.17) is 0 Å². The zero-order valence-corrected chi connectivity index (χ0v) is 8.80. The van der Waals surface area contributed by atoms with Crippen molar-refractivity contribution >= 4 is 0 Å². The van der Waals surface area contributed by atoms with Crippen molar-refractivity contribution < 1.29 is 0 Å². The number of pyridine rings is 1. The molecule has 0 aliphatic heterocycles. The molecule has 0 N–H and O–H groups in total. The Morgan fingerprint density at radius 3 is 2.47 bits per heavy atom. The summed E-state index contributed by atoms with van der Waals surface area (Å²) >= 11 is 0. The van der Waals surface area contributed by atoms with Crippen molar-refractivity contribution in [3.05, 3.63) is 65.8 Å². The van der Waals surface area contributed by atoms with Crippen molar-refractivity contribution in [2.75, 3.05) is 7.05 Å². The molecule has 1 heterocycles. The number of rotatable bonds is 2. The van der Waals surface area contributed by atoms with Gasteiger partial charge in [0.15, 0.2) is 0 Å². The number of benzene rings is 1. The minimum Gasteiger partial charge on any atom is -0.329 e. The molecule has 0 saturated heterocycles. The molecule has 2 heteroatoms. The van der Waals surface area contributed by atoms with Crippen molar-refractivity contribution in [1.29, 1.82) is 0 Å². The average Bonchev–Trinajstić information content (AvgIpc) is 2.31. The van der Waals surface area contributed by atoms with Gasteiger partial charge in [-0.1, -0.05) is 36.4 Å². The molecular weight excluding hydrogens is 184 g/mol. The Labute approximate surface area is 89.5 Å². The van der Waals surface area contributed by atoms with Gasteiger partial charge in [-0.05, 0) is 17.7 Å².